The number of carbonyl (C=O) groups excluding carboxylic acids is 1. The van der Waals surface area contributed by atoms with Gasteiger partial charge in [0.05, 0.1) is 6.61 Å². The maximum absolute atomic E-state index is 10.7. The van der Waals surface area contributed by atoms with E-state index in [9.17, 15) is 4.79 Å². The number of hydrogen-bond donors (Lipinski definition) is 0. The minimum absolute atomic E-state index is 0. The van der Waals surface area contributed by atoms with E-state index >= 15 is 0 Å². The van der Waals surface area contributed by atoms with Crippen LogP contribution in [0.5, 0.6) is 0 Å². The summed E-state index contributed by atoms with van der Waals surface area (Å²) in [6, 6.07) is 0. The van der Waals surface area contributed by atoms with Crippen LogP contribution in [-0.4, -0.2) is 49.2 Å². The van der Waals surface area contributed by atoms with E-state index in [0.717, 1.165) is 0 Å². The zero-order valence-corrected chi connectivity index (χ0v) is 9.28. The van der Waals surface area contributed by atoms with Gasteiger partial charge < -0.3 is 9.47 Å². The molecule has 1 fully saturated rings. The van der Waals surface area contributed by atoms with Gasteiger partial charge in [-0.15, -0.1) is 0 Å². The Morgan fingerprint density at radius 2 is 2.36 bits per heavy atom. The van der Waals surface area contributed by atoms with Crippen LogP contribution in [-0.2, 0) is 14.3 Å². The van der Waals surface area contributed by atoms with E-state index < -0.39 is 0 Å². The molecule has 0 spiro atoms. The van der Waals surface area contributed by atoms with E-state index in [-0.39, 0.29) is 36.0 Å². The molecule has 0 bridgehead atoms. The van der Waals surface area contributed by atoms with Crippen LogP contribution in [0.2, 0.25) is 0 Å². The van der Waals surface area contributed by atoms with Gasteiger partial charge in [-0.05, 0) is 6.92 Å². The maximum atomic E-state index is 10.7. The molecule has 60 valence electrons. The van der Waals surface area contributed by atoms with E-state index in [2.05, 4.69) is 6.58 Å². The van der Waals surface area contributed by atoms with E-state index in [1.165, 1.54) is 0 Å². The van der Waals surface area contributed by atoms with Gasteiger partial charge in [-0.25, -0.2) is 4.79 Å². The summed E-state index contributed by atoms with van der Waals surface area (Å²) in [5.41, 5.74) is 0.431. The molecular formula is C7H10O3Sn. The Bertz CT molecular complexity index is 163. The Hall–Kier alpha value is -0.0313. The summed E-state index contributed by atoms with van der Waals surface area (Å²) in [6.07, 6.45) is 0.142. The third-order valence-corrected chi connectivity index (χ3v) is 1.15. The Morgan fingerprint density at radius 3 is 2.73 bits per heavy atom. The van der Waals surface area contributed by atoms with Crippen molar-refractivity contribution >= 4 is 29.9 Å². The minimum Gasteiger partial charge on any atom is -0.459 e. The van der Waals surface area contributed by atoms with E-state index in [4.69, 9.17) is 9.47 Å². The summed E-state index contributed by atoms with van der Waals surface area (Å²) in [4.78, 5) is 10.7. The molecule has 0 aliphatic carbocycles. The Balaban J connectivity index is 0.000001000. The summed E-state index contributed by atoms with van der Waals surface area (Å²) in [5.74, 6) is -0.337. The van der Waals surface area contributed by atoms with Gasteiger partial charge in [0.25, 0.3) is 0 Å². The van der Waals surface area contributed by atoms with Crippen LogP contribution in [0.25, 0.3) is 0 Å². The third-order valence-electron chi connectivity index (χ3n) is 1.15. The van der Waals surface area contributed by atoms with Crippen molar-refractivity contribution < 1.29 is 14.3 Å². The second kappa shape index (κ2) is 4.77. The molecule has 1 aliphatic heterocycles. The topological polar surface area (TPSA) is 38.8 Å². The van der Waals surface area contributed by atoms with Gasteiger partial charge >= 0.3 is 5.97 Å². The van der Waals surface area contributed by atoms with E-state index in [1.807, 2.05) is 0 Å². The van der Waals surface area contributed by atoms with Gasteiger partial charge in [0.15, 0.2) is 0 Å². The molecule has 4 heteroatoms. The molecule has 1 rings (SSSR count). The summed E-state index contributed by atoms with van der Waals surface area (Å²) >= 11 is 0. The molecule has 0 aromatic carbocycles. The average molecular weight is 261 g/mol. The van der Waals surface area contributed by atoms with Gasteiger partial charge in [0, 0.05) is 29.5 Å². The van der Waals surface area contributed by atoms with Crippen molar-refractivity contribution in [2.45, 2.75) is 13.0 Å². The number of hydrogen-bond acceptors (Lipinski definition) is 3. The first-order chi connectivity index (χ1) is 4.70. The van der Waals surface area contributed by atoms with Crippen molar-refractivity contribution in [1.29, 1.82) is 0 Å². The molecular weight excluding hydrogens is 251 g/mol. The summed E-state index contributed by atoms with van der Waals surface area (Å²) in [5, 5.41) is 0. The molecule has 11 heavy (non-hydrogen) atoms. The summed E-state index contributed by atoms with van der Waals surface area (Å²) in [7, 11) is 0. The van der Waals surface area contributed by atoms with Crippen LogP contribution < -0.4 is 0 Å². The Labute approximate surface area is 82.7 Å². The molecule has 0 aromatic rings. The second-order valence-electron chi connectivity index (χ2n) is 2.33. The van der Waals surface area contributed by atoms with Crippen molar-refractivity contribution in [1.82, 2.24) is 0 Å². The van der Waals surface area contributed by atoms with Gasteiger partial charge in [-0.2, -0.15) is 0 Å². The molecule has 1 unspecified atom stereocenters. The normalized spacial score (nSPS) is 19.9. The van der Waals surface area contributed by atoms with Gasteiger partial charge in [0.1, 0.15) is 12.7 Å². The van der Waals surface area contributed by atoms with Gasteiger partial charge in [0.2, 0.25) is 0 Å². The largest absolute Gasteiger partial charge is 0.459 e. The number of carbonyl (C=O) groups is 1. The molecule has 1 atom stereocenters. The molecule has 3 nitrogen and oxygen atoms in total. The smallest absolute Gasteiger partial charge is 0.333 e. The molecule has 0 amide bonds. The van der Waals surface area contributed by atoms with Crippen LogP contribution in [0.4, 0.5) is 0 Å². The van der Waals surface area contributed by atoms with E-state index in [1.54, 1.807) is 6.92 Å². The second-order valence-corrected chi connectivity index (χ2v) is 2.33. The van der Waals surface area contributed by atoms with Crippen molar-refractivity contribution in [2.75, 3.05) is 13.2 Å². The fourth-order valence-electron chi connectivity index (χ4n) is 0.456. The van der Waals surface area contributed by atoms with Crippen LogP contribution >= 0.6 is 0 Å². The summed E-state index contributed by atoms with van der Waals surface area (Å²) < 4.78 is 9.60. The summed E-state index contributed by atoms with van der Waals surface area (Å²) in [6.45, 7) is 6.14. The molecule has 0 aromatic heterocycles. The average Bonchev–Trinajstić information content (AvgIpc) is 2.64. The number of rotatable bonds is 3. The van der Waals surface area contributed by atoms with Crippen molar-refractivity contribution in [3.8, 4) is 0 Å². The molecule has 4 radical (unpaired) electrons. The van der Waals surface area contributed by atoms with Gasteiger partial charge in [-0.1, -0.05) is 6.58 Å². The minimum atomic E-state index is -0.337. The van der Waals surface area contributed by atoms with E-state index in [0.29, 0.717) is 18.8 Å². The van der Waals surface area contributed by atoms with Gasteiger partial charge in [-0.3, -0.25) is 0 Å². The maximum Gasteiger partial charge on any atom is 0.333 e. The van der Waals surface area contributed by atoms with Crippen LogP contribution in [0.1, 0.15) is 6.92 Å². The first-order valence-electron chi connectivity index (χ1n) is 3.14. The number of ether oxygens (including phenoxy) is 2. The zero-order valence-electron chi connectivity index (χ0n) is 6.42. The first kappa shape index (κ1) is 11.0. The van der Waals surface area contributed by atoms with Crippen molar-refractivity contribution in [3.63, 3.8) is 0 Å². The standard InChI is InChI=1S/C7H10O3.Sn/c1-5(2)7(8)10-4-6-3-9-6;/h6H,1,3-4H2,2H3;. The quantitative estimate of drug-likeness (QED) is 0.313. The van der Waals surface area contributed by atoms with Crippen LogP contribution in [0, 0.1) is 0 Å². The van der Waals surface area contributed by atoms with Crippen molar-refractivity contribution in [3.05, 3.63) is 12.2 Å². The number of esters is 1. The Kier molecular flexibility index (Phi) is 4.75. The van der Waals surface area contributed by atoms with Crippen LogP contribution in [0.15, 0.2) is 12.2 Å². The Morgan fingerprint density at radius 1 is 1.82 bits per heavy atom. The first-order valence-corrected chi connectivity index (χ1v) is 3.14. The molecule has 0 saturated carbocycles. The fraction of sp³-hybridized carbons (Fsp3) is 0.571. The fourth-order valence-corrected chi connectivity index (χ4v) is 0.456. The van der Waals surface area contributed by atoms with Crippen molar-refractivity contribution in [2.24, 2.45) is 0 Å². The molecule has 1 heterocycles. The monoisotopic (exact) mass is 262 g/mol. The molecule has 0 N–H and O–H groups in total. The van der Waals surface area contributed by atoms with Crippen LogP contribution in [0.3, 0.4) is 0 Å². The molecule has 1 aliphatic rings. The SMILES string of the molecule is C=C(C)C(=O)OCC1CO1.[Sn]. The predicted molar refractivity (Wildman–Crippen MR) is 41.3 cm³/mol. The molecule has 1 saturated heterocycles. The predicted octanol–water partition coefficient (Wildman–Crippen LogP) is 0.124. The number of epoxide rings is 1. The zero-order chi connectivity index (χ0) is 7.56. The third kappa shape index (κ3) is 4.42.